The van der Waals surface area contributed by atoms with E-state index in [2.05, 4.69) is 0 Å². The Balaban J connectivity index is 4.04. The Bertz CT molecular complexity index is 285. The summed E-state index contributed by atoms with van der Waals surface area (Å²) in [6.45, 7) is 0. The molecule has 2 N–H and O–H groups in total. The molecule has 0 saturated carbocycles. The van der Waals surface area contributed by atoms with Gasteiger partial charge in [-0.3, -0.25) is 0 Å². The molecule has 0 aliphatic heterocycles. The number of rotatable bonds is 12. The summed E-state index contributed by atoms with van der Waals surface area (Å²) >= 11 is 11.0. The van der Waals surface area contributed by atoms with Crippen LogP contribution in [0.4, 0.5) is 0 Å². The summed E-state index contributed by atoms with van der Waals surface area (Å²) in [6.07, 6.45) is 4.64. The molecular formula is C12H24Cl2O4S. The summed E-state index contributed by atoms with van der Waals surface area (Å²) in [7, 11) is -3.87. The molecule has 0 rings (SSSR count). The molecule has 7 heteroatoms. The Morgan fingerprint density at radius 3 is 1.42 bits per heavy atom. The minimum atomic E-state index is -3.87. The first kappa shape index (κ1) is 19.4. The zero-order valence-electron chi connectivity index (χ0n) is 11.1. The normalized spacial score (nSPS) is 15.4. The third kappa shape index (κ3) is 8.35. The Kier molecular flexibility index (Phi) is 11.4. The van der Waals surface area contributed by atoms with Crippen LogP contribution in [0.5, 0.6) is 0 Å². The van der Waals surface area contributed by atoms with Gasteiger partial charge in [0.05, 0.1) is 0 Å². The molecule has 0 aromatic rings. The predicted molar refractivity (Wildman–Crippen MR) is 79.3 cm³/mol. The van der Waals surface area contributed by atoms with E-state index < -0.39 is 20.7 Å². The number of sulfone groups is 1. The quantitative estimate of drug-likeness (QED) is 0.425. The number of aliphatic hydroxyl groups is 2. The first-order valence-electron chi connectivity index (χ1n) is 6.67. The fraction of sp³-hybridized carbons (Fsp3) is 1.00. The number of halogens is 2. The molecule has 2 unspecified atom stereocenters. The molecule has 0 saturated heterocycles. The van der Waals surface area contributed by atoms with Crippen molar-refractivity contribution in [1.29, 1.82) is 0 Å². The van der Waals surface area contributed by atoms with E-state index in [9.17, 15) is 18.6 Å². The Labute approximate surface area is 126 Å². The number of hydrogen-bond donors (Lipinski definition) is 2. The number of hydrogen-bond acceptors (Lipinski definition) is 4. The fourth-order valence-electron chi connectivity index (χ4n) is 1.69. The van der Waals surface area contributed by atoms with Crippen molar-refractivity contribution in [2.24, 2.45) is 0 Å². The first-order valence-corrected chi connectivity index (χ1v) is 9.35. The van der Waals surface area contributed by atoms with E-state index in [0.29, 0.717) is 24.6 Å². The summed E-state index contributed by atoms with van der Waals surface area (Å²) in [6, 6.07) is 0. The third-order valence-electron chi connectivity index (χ3n) is 2.93. The molecule has 0 radical (unpaired) electrons. The summed E-state index contributed by atoms with van der Waals surface area (Å²) < 4.78 is 23.6. The van der Waals surface area contributed by atoms with Crippen molar-refractivity contribution in [3.8, 4) is 0 Å². The van der Waals surface area contributed by atoms with Gasteiger partial charge in [0.2, 0.25) is 9.84 Å². The van der Waals surface area contributed by atoms with Gasteiger partial charge in [0, 0.05) is 11.8 Å². The van der Waals surface area contributed by atoms with Crippen molar-refractivity contribution in [3.05, 3.63) is 0 Å². The topological polar surface area (TPSA) is 74.6 Å². The van der Waals surface area contributed by atoms with Gasteiger partial charge in [-0.1, -0.05) is 12.8 Å². The summed E-state index contributed by atoms with van der Waals surface area (Å²) in [5.74, 6) is 1.07. The zero-order valence-corrected chi connectivity index (χ0v) is 13.4. The second kappa shape index (κ2) is 11.1. The van der Waals surface area contributed by atoms with Gasteiger partial charge in [0.25, 0.3) is 0 Å². The van der Waals surface area contributed by atoms with Gasteiger partial charge in [-0.15, -0.1) is 23.2 Å². The second-order valence-electron chi connectivity index (χ2n) is 4.57. The minimum Gasteiger partial charge on any atom is -0.377 e. The molecule has 0 aliphatic carbocycles. The number of aliphatic hydroxyl groups excluding tert-OH is 2. The van der Waals surface area contributed by atoms with Gasteiger partial charge in [0.1, 0.15) is 0 Å². The molecule has 116 valence electrons. The smallest absolute Gasteiger partial charge is 0.203 e. The van der Waals surface area contributed by atoms with Gasteiger partial charge in [-0.05, 0) is 38.5 Å². The third-order valence-corrected chi connectivity index (χ3v) is 5.45. The molecule has 0 aromatic heterocycles. The van der Waals surface area contributed by atoms with Crippen LogP contribution in [0.2, 0.25) is 0 Å². The van der Waals surface area contributed by atoms with Crippen molar-refractivity contribution >= 4 is 33.0 Å². The lowest BCUT2D eigenvalue weighted by Crippen LogP contribution is -2.32. The maximum atomic E-state index is 11.8. The van der Waals surface area contributed by atoms with E-state index in [1.165, 1.54) is 0 Å². The molecule has 0 heterocycles. The highest BCUT2D eigenvalue weighted by atomic mass is 35.5. The van der Waals surface area contributed by atoms with E-state index >= 15 is 0 Å². The van der Waals surface area contributed by atoms with Gasteiger partial charge in [-0.25, -0.2) is 8.42 Å². The lowest BCUT2D eigenvalue weighted by atomic mass is 10.2. The SMILES string of the molecule is O=S(=O)(C(O)CCCCCCl)C(O)CCCCCCl. The highest BCUT2D eigenvalue weighted by Crippen LogP contribution is 2.17. The zero-order chi connectivity index (χ0) is 14.7. The van der Waals surface area contributed by atoms with Gasteiger partial charge < -0.3 is 10.2 Å². The lowest BCUT2D eigenvalue weighted by molar-refractivity contribution is 0.196. The van der Waals surface area contributed by atoms with Crippen LogP contribution in [0, 0.1) is 0 Å². The van der Waals surface area contributed by atoms with Crippen LogP contribution in [0.3, 0.4) is 0 Å². The van der Waals surface area contributed by atoms with E-state index in [4.69, 9.17) is 23.2 Å². The highest BCUT2D eigenvalue weighted by Gasteiger charge is 2.30. The van der Waals surface area contributed by atoms with Gasteiger partial charge >= 0.3 is 0 Å². The molecule has 4 nitrogen and oxygen atoms in total. The summed E-state index contributed by atoms with van der Waals surface area (Å²) in [4.78, 5) is 0. The summed E-state index contributed by atoms with van der Waals surface area (Å²) in [5, 5.41) is 19.3. The van der Waals surface area contributed by atoms with Crippen molar-refractivity contribution in [2.75, 3.05) is 11.8 Å². The molecule has 0 amide bonds. The van der Waals surface area contributed by atoms with E-state index in [1.54, 1.807) is 0 Å². The average molecular weight is 335 g/mol. The molecule has 0 aliphatic rings. The predicted octanol–water partition coefficient (Wildman–Crippen LogP) is 2.64. The van der Waals surface area contributed by atoms with Gasteiger partial charge in [-0.2, -0.15) is 0 Å². The van der Waals surface area contributed by atoms with E-state index in [-0.39, 0.29) is 12.8 Å². The van der Waals surface area contributed by atoms with Crippen molar-refractivity contribution in [3.63, 3.8) is 0 Å². The van der Waals surface area contributed by atoms with Gasteiger partial charge in [0.15, 0.2) is 10.9 Å². The van der Waals surface area contributed by atoms with Crippen LogP contribution in [0.15, 0.2) is 0 Å². The molecule has 0 fully saturated rings. The highest BCUT2D eigenvalue weighted by molar-refractivity contribution is 7.92. The first-order chi connectivity index (χ1) is 8.96. The maximum absolute atomic E-state index is 11.8. The van der Waals surface area contributed by atoms with Crippen molar-refractivity contribution in [2.45, 2.75) is 62.2 Å². The van der Waals surface area contributed by atoms with Crippen molar-refractivity contribution < 1.29 is 18.6 Å². The molecule has 0 spiro atoms. The van der Waals surface area contributed by atoms with Crippen molar-refractivity contribution in [1.82, 2.24) is 0 Å². The maximum Gasteiger partial charge on any atom is 0.203 e. The Morgan fingerprint density at radius 1 is 0.737 bits per heavy atom. The van der Waals surface area contributed by atoms with Crippen LogP contribution >= 0.6 is 23.2 Å². The van der Waals surface area contributed by atoms with Crippen LogP contribution in [-0.4, -0.2) is 41.3 Å². The van der Waals surface area contributed by atoms with Crippen LogP contribution in [0.25, 0.3) is 0 Å². The summed E-state index contributed by atoms with van der Waals surface area (Å²) in [5.41, 5.74) is -2.96. The minimum absolute atomic E-state index is 0.151. The number of unbranched alkanes of at least 4 members (excludes halogenated alkanes) is 4. The molecular weight excluding hydrogens is 311 g/mol. The second-order valence-corrected chi connectivity index (χ2v) is 7.60. The fourth-order valence-corrected chi connectivity index (χ4v) is 3.42. The van der Waals surface area contributed by atoms with Crippen LogP contribution < -0.4 is 0 Å². The standard InChI is InChI=1S/C12H24Cl2O4S/c13-9-5-1-3-7-11(15)19(17,18)12(16)8-4-2-6-10-14/h11-12,15-16H,1-10H2. The number of alkyl halides is 2. The van der Waals surface area contributed by atoms with E-state index in [1.807, 2.05) is 0 Å². The Hall–Kier alpha value is 0.450. The average Bonchev–Trinajstić information content (AvgIpc) is 2.39. The largest absolute Gasteiger partial charge is 0.377 e. The Morgan fingerprint density at radius 2 is 1.11 bits per heavy atom. The van der Waals surface area contributed by atoms with E-state index in [0.717, 1.165) is 25.7 Å². The monoisotopic (exact) mass is 334 g/mol. The van der Waals surface area contributed by atoms with Crippen LogP contribution in [0.1, 0.15) is 51.4 Å². The molecule has 0 bridgehead atoms. The van der Waals surface area contributed by atoms with Crippen LogP contribution in [-0.2, 0) is 9.84 Å². The lowest BCUT2D eigenvalue weighted by Gasteiger charge is -2.17. The molecule has 19 heavy (non-hydrogen) atoms. The molecule has 2 atom stereocenters. The molecule has 0 aromatic carbocycles.